The van der Waals surface area contributed by atoms with Gasteiger partial charge in [-0.15, -0.1) is 0 Å². The molecule has 1 aromatic rings. The zero-order valence-electron chi connectivity index (χ0n) is 13.0. The highest BCUT2D eigenvalue weighted by Crippen LogP contribution is 2.37. The summed E-state index contributed by atoms with van der Waals surface area (Å²) >= 11 is 0. The molecule has 6 nitrogen and oxygen atoms in total. The van der Waals surface area contributed by atoms with Crippen molar-refractivity contribution in [1.29, 1.82) is 0 Å². The maximum absolute atomic E-state index is 8.82. The van der Waals surface area contributed by atoms with Gasteiger partial charge in [-0.3, -0.25) is 0 Å². The predicted molar refractivity (Wildman–Crippen MR) is 82.2 cm³/mol. The molecule has 0 heterocycles. The minimum atomic E-state index is -0.0838. The Balaban J connectivity index is 3.00. The lowest BCUT2D eigenvalue weighted by atomic mass is 10.0. The number of nitrogens with two attached hydrogens (primary N) is 1. The van der Waals surface area contributed by atoms with E-state index in [1.807, 2.05) is 12.1 Å². The number of nitrogens with one attached hydrogen (secondary N) is 1. The number of unbranched alkanes of at least 4 members (excludes halogenated alkanes) is 1. The summed E-state index contributed by atoms with van der Waals surface area (Å²) in [4.78, 5) is 0. The first-order valence-corrected chi connectivity index (χ1v) is 7.06. The summed E-state index contributed by atoms with van der Waals surface area (Å²) in [5.74, 6) is 2.02. The van der Waals surface area contributed by atoms with Gasteiger partial charge >= 0.3 is 0 Å². The topological polar surface area (TPSA) is 86.0 Å². The average Bonchev–Trinajstić information content (AvgIpc) is 2.54. The van der Waals surface area contributed by atoms with Crippen LogP contribution in [-0.4, -0.2) is 46.1 Å². The Morgan fingerprint density at radius 2 is 1.71 bits per heavy atom. The Kier molecular flexibility index (Phi) is 7.89. The summed E-state index contributed by atoms with van der Waals surface area (Å²) < 4.78 is 16.1. The first-order chi connectivity index (χ1) is 10.2. The quantitative estimate of drug-likeness (QED) is 0.560. The lowest BCUT2D eigenvalue weighted by molar-refractivity contribution is 0.282. The summed E-state index contributed by atoms with van der Waals surface area (Å²) in [7, 11) is 4.82. The summed E-state index contributed by atoms with van der Waals surface area (Å²) in [5.41, 5.74) is 6.76. The molecule has 6 heteroatoms. The lowest BCUT2D eigenvalue weighted by Crippen LogP contribution is -2.30. The molecule has 0 radical (unpaired) electrons. The monoisotopic (exact) mass is 298 g/mol. The maximum Gasteiger partial charge on any atom is 0.131 e. The van der Waals surface area contributed by atoms with E-state index in [0.717, 1.165) is 24.9 Å². The van der Waals surface area contributed by atoms with Crippen molar-refractivity contribution < 1.29 is 19.3 Å². The van der Waals surface area contributed by atoms with Crippen LogP contribution in [0, 0.1) is 0 Å². The van der Waals surface area contributed by atoms with Crippen LogP contribution < -0.4 is 25.3 Å². The molecule has 120 valence electrons. The molecule has 0 amide bonds. The zero-order valence-corrected chi connectivity index (χ0v) is 13.0. The summed E-state index contributed by atoms with van der Waals surface area (Å²) in [6.45, 7) is 1.38. The average molecular weight is 298 g/mol. The van der Waals surface area contributed by atoms with E-state index >= 15 is 0 Å². The van der Waals surface area contributed by atoms with Gasteiger partial charge in [0.05, 0.1) is 32.9 Å². The molecule has 1 aromatic carbocycles. The van der Waals surface area contributed by atoms with Crippen molar-refractivity contribution >= 4 is 0 Å². The number of rotatable bonds is 10. The van der Waals surface area contributed by atoms with Gasteiger partial charge in [-0.1, -0.05) is 0 Å². The Hall–Kier alpha value is -1.50. The second-order valence-corrected chi connectivity index (χ2v) is 4.62. The minimum absolute atomic E-state index is 0.0838. The van der Waals surface area contributed by atoms with Gasteiger partial charge in [0, 0.05) is 25.3 Å². The molecule has 0 aromatic heterocycles. The van der Waals surface area contributed by atoms with Gasteiger partial charge in [0.1, 0.15) is 17.2 Å². The van der Waals surface area contributed by atoms with Gasteiger partial charge in [-0.2, -0.15) is 0 Å². The van der Waals surface area contributed by atoms with E-state index in [-0.39, 0.29) is 12.6 Å². The maximum atomic E-state index is 8.82. The second-order valence-electron chi connectivity index (χ2n) is 4.62. The molecule has 0 aliphatic rings. The molecule has 0 spiro atoms. The van der Waals surface area contributed by atoms with Crippen molar-refractivity contribution in [2.24, 2.45) is 5.73 Å². The largest absolute Gasteiger partial charge is 0.496 e. The van der Waals surface area contributed by atoms with Crippen LogP contribution in [0.2, 0.25) is 0 Å². The fraction of sp³-hybridized carbons (Fsp3) is 0.600. The molecule has 0 aliphatic heterocycles. The van der Waals surface area contributed by atoms with Crippen LogP contribution in [0.3, 0.4) is 0 Å². The molecule has 0 saturated carbocycles. The normalized spacial score (nSPS) is 12.0. The van der Waals surface area contributed by atoms with Crippen molar-refractivity contribution in [2.75, 3.05) is 41.0 Å². The zero-order chi connectivity index (χ0) is 15.7. The molecule has 0 saturated heterocycles. The van der Waals surface area contributed by atoms with Gasteiger partial charge < -0.3 is 30.4 Å². The van der Waals surface area contributed by atoms with E-state index in [2.05, 4.69) is 5.32 Å². The number of benzene rings is 1. The van der Waals surface area contributed by atoms with Crippen molar-refractivity contribution in [3.05, 3.63) is 17.7 Å². The van der Waals surface area contributed by atoms with Crippen LogP contribution in [0.4, 0.5) is 0 Å². The highest BCUT2D eigenvalue weighted by atomic mass is 16.5. The lowest BCUT2D eigenvalue weighted by Gasteiger charge is -2.23. The van der Waals surface area contributed by atoms with E-state index in [0.29, 0.717) is 23.8 Å². The third kappa shape index (κ3) is 4.77. The number of methoxy groups -OCH3 is 3. The number of aliphatic hydroxyl groups excluding tert-OH is 1. The fourth-order valence-corrected chi connectivity index (χ4v) is 2.19. The number of hydrogen-bond acceptors (Lipinski definition) is 6. The van der Waals surface area contributed by atoms with E-state index in [4.69, 9.17) is 25.1 Å². The van der Waals surface area contributed by atoms with E-state index in [9.17, 15) is 0 Å². The van der Waals surface area contributed by atoms with E-state index < -0.39 is 0 Å². The molecule has 0 fully saturated rings. The smallest absolute Gasteiger partial charge is 0.131 e. The van der Waals surface area contributed by atoms with Gasteiger partial charge in [0.15, 0.2) is 0 Å². The van der Waals surface area contributed by atoms with Gasteiger partial charge in [0.2, 0.25) is 0 Å². The van der Waals surface area contributed by atoms with Crippen LogP contribution in [0.15, 0.2) is 12.1 Å². The van der Waals surface area contributed by atoms with Crippen LogP contribution in [-0.2, 0) is 0 Å². The van der Waals surface area contributed by atoms with E-state index in [1.54, 1.807) is 21.3 Å². The predicted octanol–water partition coefficient (Wildman–Crippen LogP) is 1.07. The van der Waals surface area contributed by atoms with Crippen LogP contribution in [0.5, 0.6) is 17.2 Å². The molecular weight excluding hydrogens is 272 g/mol. The summed E-state index contributed by atoms with van der Waals surface area (Å²) in [6.07, 6.45) is 1.65. The number of hydrogen-bond donors (Lipinski definition) is 3. The summed E-state index contributed by atoms with van der Waals surface area (Å²) in [6, 6.07) is 3.55. The third-order valence-electron chi connectivity index (χ3n) is 3.31. The first-order valence-electron chi connectivity index (χ1n) is 7.06. The minimum Gasteiger partial charge on any atom is -0.496 e. The van der Waals surface area contributed by atoms with Crippen molar-refractivity contribution in [1.82, 2.24) is 5.32 Å². The van der Waals surface area contributed by atoms with Crippen molar-refractivity contribution in [2.45, 2.75) is 18.9 Å². The van der Waals surface area contributed by atoms with E-state index in [1.165, 1.54) is 0 Å². The molecule has 0 bridgehead atoms. The van der Waals surface area contributed by atoms with Gasteiger partial charge in [-0.05, 0) is 19.4 Å². The Bertz CT molecular complexity index is 401. The Morgan fingerprint density at radius 1 is 1.10 bits per heavy atom. The molecule has 1 unspecified atom stereocenters. The summed E-state index contributed by atoms with van der Waals surface area (Å²) in [5, 5.41) is 12.2. The molecule has 1 atom stereocenters. The Labute approximate surface area is 126 Å². The number of ether oxygens (including phenoxy) is 3. The molecule has 1 rings (SSSR count). The van der Waals surface area contributed by atoms with Crippen LogP contribution in [0.25, 0.3) is 0 Å². The SMILES string of the molecule is COc1cc(OC)c(C(CN)NCCCCO)c(OC)c1. The molecule has 21 heavy (non-hydrogen) atoms. The van der Waals surface area contributed by atoms with Crippen LogP contribution >= 0.6 is 0 Å². The van der Waals surface area contributed by atoms with Gasteiger partial charge in [0.25, 0.3) is 0 Å². The van der Waals surface area contributed by atoms with Gasteiger partial charge in [-0.25, -0.2) is 0 Å². The molecule has 4 N–H and O–H groups in total. The third-order valence-corrected chi connectivity index (χ3v) is 3.31. The first kappa shape index (κ1) is 17.6. The highest BCUT2D eigenvalue weighted by Gasteiger charge is 2.21. The van der Waals surface area contributed by atoms with Crippen molar-refractivity contribution in [3.8, 4) is 17.2 Å². The standard InChI is InChI=1S/C15H26N2O4/c1-19-11-8-13(20-2)15(14(9-11)21-3)12(10-16)17-6-4-5-7-18/h8-9,12,17-18H,4-7,10,16H2,1-3H3. The van der Waals surface area contributed by atoms with Crippen molar-refractivity contribution in [3.63, 3.8) is 0 Å². The fourth-order valence-electron chi connectivity index (χ4n) is 2.19. The molecular formula is C15H26N2O4. The number of aliphatic hydroxyl groups is 1. The molecule has 0 aliphatic carbocycles. The Morgan fingerprint density at radius 3 is 2.14 bits per heavy atom. The second kappa shape index (κ2) is 9.44. The van der Waals surface area contributed by atoms with Crippen LogP contribution in [0.1, 0.15) is 24.4 Å². The highest BCUT2D eigenvalue weighted by molar-refractivity contribution is 5.52.